The van der Waals surface area contributed by atoms with Crippen molar-refractivity contribution in [3.05, 3.63) is 22.9 Å². The number of carbonyl (C=O) groups excluding carboxylic acids is 2. The van der Waals surface area contributed by atoms with Gasteiger partial charge in [0.15, 0.2) is 5.78 Å². The summed E-state index contributed by atoms with van der Waals surface area (Å²) in [6, 6.07) is 0. The molecule has 0 radical (unpaired) electrons. The highest BCUT2D eigenvalue weighted by atomic mass is 16.6. The number of aliphatic carboxylic acids is 1. The second-order valence-electron chi connectivity index (χ2n) is 5.78. The molecule has 6 heteroatoms. The Morgan fingerprint density at radius 1 is 1.45 bits per heavy atom. The van der Waals surface area contributed by atoms with Gasteiger partial charge in [0.1, 0.15) is 5.92 Å². The Labute approximate surface area is 129 Å². The van der Waals surface area contributed by atoms with Crippen LogP contribution >= 0.6 is 0 Å². The molecule has 0 aromatic carbocycles. The fourth-order valence-corrected chi connectivity index (χ4v) is 3.11. The summed E-state index contributed by atoms with van der Waals surface area (Å²) in [4.78, 5) is 37.5. The van der Waals surface area contributed by atoms with Crippen molar-refractivity contribution in [2.75, 3.05) is 13.2 Å². The number of ketones is 1. The first-order valence-electron chi connectivity index (χ1n) is 7.50. The van der Waals surface area contributed by atoms with E-state index in [9.17, 15) is 19.5 Å². The quantitative estimate of drug-likeness (QED) is 0.792. The van der Waals surface area contributed by atoms with Crippen LogP contribution in [0.5, 0.6) is 0 Å². The van der Waals surface area contributed by atoms with Crippen molar-refractivity contribution in [2.24, 2.45) is 11.8 Å². The van der Waals surface area contributed by atoms with Gasteiger partial charge >= 0.3 is 12.1 Å². The van der Waals surface area contributed by atoms with Crippen molar-refractivity contribution in [3.8, 4) is 0 Å². The fourth-order valence-electron chi connectivity index (χ4n) is 3.11. The number of carbonyl (C=O) groups is 3. The van der Waals surface area contributed by atoms with E-state index in [1.54, 1.807) is 13.0 Å². The first-order valence-corrected chi connectivity index (χ1v) is 7.50. The van der Waals surface area contributed by atoms with Crippen molar-refractivity contribution in [3.63, 3.8) is 0 Å². The number of hydrogen-bond donors (Lipinski definition) is 1. The van der Waals surface area contributed by atoms with Crippen LogP contribution in [0.25, 0.3) is 0 Å². The average Bonchev–Trinajstić information content (AvgIpc) is 2.57. The average molecular weight is 307 g/mol. The molecule has 1 aliphatic heterocycles. The molecule has 2 rings (SSSR count). The topological polar surface area (TPSA) is 83.9 Å². The molecule has 2 atom stereocenters. The van der Waals surface area contributed by atoms with Crippen LogP contribution in [0, 0.1) is 11.8 Å². The third-order valence-corrected chi connectivity index (χ3v) is 4.02. The summed E-state index contributed by atoms with van der Waals surface area (Å²) in [6.07, 6.45) is 2.07. The first kappa shape index (κ1) is 16.3. The number of hydrogen-bond acceptors (Lipinski definition) is 4. The van der Waals surface area contributed by atoms with E-state index in [0.29, 0.717) is 11.3 Å². The number of fused-ring (bicyclic) bond motifs is 1. The summed E-state index contributed by atoms with van der Waals surface area (Å²) in [5.41, 5.74) is 1.79. The van der Waals surface area contributed by atoms with E-state index in [1.165, 1.54) is 4.90 Å². The monoisotopic (exact) mass is 307 g/mol. The van der Waals surface area contributed by atoms with Crippen LogP contribution < -0.4 is 0 Å². The van der Waals surface area contributed by atoms with Gasteiger partial charge in [0, 0.05) is 12.1 Å². The van der Waals surface area contributed by atoms with Crippen molar-refractivity contribution >= 4 is 17.8 Å². The zero-order chi connectivity index (χ0) is 16.4. The molecule has 6 nitrogen and oxygen atoms in total. The lowest BCUT2D eigenvalue weighted by Crippen LogP contribution is -2.33. The SMILES string of the molecule is CCOC(=O)N1CCC(C(=O)O)C(=O)C2=CC(C)CC(C)=C21. The predicted octanol–water partition coefficient (Wildman–Crippen LogP) is 2.36. The van der Waals surface area contributed by atoms with Crippen LogP contribution in [0.4, 0.5) is 4.79 Å². The van der Waals surface area contributed by atoms with Gasteiger partial charge in [-0.25, -0.2) is 4.79 Å². The van der Waals surface area contributed by atoms with E-state index in [-0.39, 0.29) is 25.5 Å². The molecule has 1 amide bonds. The molecule has 1 saturated heterocycles. The lowest BCUT2D eigenvalue weighted by atomic mass is 9.85. The van der Waals surface area contributed by atoms with Crippen molar-refractivity contribution < 1.29 is 24.2 Å². The minimum atomic E-state index is -1.15. The molecular weight excluding hydrogens is 286 g/mol. The van der Waals surface area contributed by atoms with Crippen LogP contribution in [0.3, 0.4) is 0 Å². The van der Waals surface area contributed by atoms with Crippen molar-refractivity contribution in [2.45, 2.75) is 33.6 Å². The number of nitrogens with zero attached hydrogens (tertiary/aromatic N) is 1. The normalized spacial score (nSPS) is 25.3. The zero-order valence-corrected chi connectivity index (χ0v) is 13.1. The highest BCUT2D eigenvalue weighted by Crippen LogP contribution is 2.36. The van der Waals surface area contributed by atoms with Gasteiger partial charge in [-0.05, 0) is 38.2 Å². The maximum atomic E-state index is 12.6. The second kappa shape index (κ2) is 6.34. The Hall–Kier alpha value is -2.11. The summed E-state index contributed by atoms with van der Waals surface area (Å²) in [5.74, 6) is -2.54. The molecule has 2 unspecified atom stereocenters. The number of likely N-dealkylation sites (tertiary alicyclic amines) is 1. The number of carboxylic acids is 1. The number of ether oxygens (including phenoxy) is 1. The number of amides is 1. The molecule has 0 aromatic heterocycles. The summed E-state index contributed by atoms with van der Waals surface area (Å²) in [7, 11) is 0. The Kier molecular flexibility index (Phi) is 4.68. The van der Waals surface area contributed by atoms with Gasteiger partial charge in [-0.2, -0.15) is 0 Å². The van der Waals surface area contributed by atoms with Gasteiger partial charge in [0.2, 0.25) is 0 Å². The maximum Gasteiger partial charge on any atom is 0.414 e. The Balaban J connectivity index is 2.50. The van der Waals surface area contributed by atoms with Crippen LogP contribution in [-0.4, -0.2) is 41.0 Å². The van der Waals surface area contributed by atoms with Crippen LogP contribution in [0.2, 0.25) is 0 Å². The summed E-state index contributed by atoms with van der Waals surface area (Å²) in [6.45, 7) is 5.95. The molecule has 0 spiro atoms. The zero-order valence-electron chi connectivity index (χ0n) is 13.1. The molecule has 0 aromatic rings. The molecule has 120 valence electrons. The van der Waals surface area contributed by atoms with Crippen LogP contribution in [0.1, 0.15) is 33.6 Å². The molecule has 1 N–H and O–H groups in total. The summed E-state index contributed by atoms with van der Waals surface area (Å²) in [5, 5.41) is 9.29. The Bertz CT molecular complexity index is 575. The smallest absolute Gasteiger partial charge is 0.414 e. The Morgan fingerprint density at radius 3 is 2.73 bits per heavy atom. The van der Waals surface area contributed by atoms with E-state index in [1.807, 2.05) is 13.8 Å². The predicted molar refractivity (Wildman–Crippen MR) is 79.0 cm³/mol. The van der Waals surface area contributed by atoms with E-state index in [2.05, 4.69) is 0 Å². The van der Waals surface area contributed by atoms with Gasteiger partial charge in [-0.3, -0.25) is 14.5 Å². The number of carboxylic acid groups (broad SMARTS) is 1. The molecule has 1 fully saturated rings. The highest BCUT2D eigenvalue weighted by molar-refractivity contribution is 6.11. The molecule has 1 heterocycles. The van der Waals surface area contributed by atoms with Gasteiger partial charge in [0.05, 0.1) is 12.3 Å². The maximum absolute atomic E-state index is 12.6. The first-order chi connectivity index (χ1) is 10.4. The summed E-state index contributed by atoms with van der Waals surface area (Å²) >= 11 is 0. The second-order valence-corrected chi connectivity index (χ2v) is 5.78. The number of rotatable bonds is 2. The van der Waals surface area contributed by atoms with E-state index in [0.717, 1.165) is 12.0 Å². The van der Waals surface area contributed by atoms with Crippen LogP contribution in [-0.2, 0) is 14.3 Å². The third kappa shape index (κ3) is 2.91. The van der Waals surface area contributed by atoms with Gasteiger partial charge in [-0.1, -0.05) is 13.0 Å². The standard InChI is InChI=1S/C16H21NO5/c1-4-22-16(21)17-6-5-11(15(19)20)14(18)12-8-9(2)7-10(3)13(12)17/h8-9,11H,4-7H2,1-3H3,(H,19,20). The highest BCUT2D eigenvalue weighted by Gasteiger charge is 2.40. The lowest BCUT2D eigenvalue weighted by molar-refractivity contribution is -0.145. The van der Waals surface area contributed by atoms with E-state index < -0.39 is 23.8 Å². The number of allylic oxidation sites excluding steroid dienone is 3. The Morgan fingerprint density at radius 2 is 2.14 bits per heavy atom. The van der Waals surface area contributed by atoms with Gasteiger partial charge in [0.25, 0.3) is 0 Å². The van der Waals surface area contributed by atoms with E-state index >= 15 is 0 Å². The lowest BCUT2D eigenvalue weighted by Gasteiger charge is -2.29. The molecule has 0 saturated carbocycles. The molecule has 22 heavy (non-hydrogen) atoms. The van der Waals surface area contributed by atoms with E-state index in [4.69, 9.17) is 4.74 Å². The van der Waals surface area contributed by atoms with Gasteiger partial charge < -0.3 is 9.84 Å². The minimum Gasteiger partial charge on any atom is -0.481 e. The number of Topliss-reactive ketones (excluding diaryl/α,β-unsaturated/α-hetero) is 1. The molecule has 0 bridgehead atoms. The molecule has 1 aliphatic carbocycles. The molecular formula is C16H21NO5. The van der Waals surface area contributed by atoms with Gasteiger partial charge in [-0.15, -0.1) is 0 Å². The summed E-state index contributed by atoms with van der Waals surface area (Å²) < 4.78 is 5.06. The van der Waals surface area contributed by atoms with Crippen LogP contribution in [0.15, 0.2) is 22.9 Å². The third-order valence-electron chi connectivity index (χ3n) is 4.02. The molecule has 2 aliphatic rings. The van der Waals surface area contributed by atoms with Crippen molar-refractivity contribution in [1.82, 2.24) is 4.90 Å². The fraction of sp³-hybridized carbons (Fsp3) is 0.562. The van der Waals surface area contributed by atoms with Crippen molar-refractivity contribution in [1.29, 1.82) is 0 Å². The minimum absolute atomic E-state index is 0.0927. The largest absolute Gasteiger partial charge is 0.481 e.